The third-order valence-electron chi connectivity index (χ3n) is 5.80. The smallest absolute Gasteiger partial charge is 0.282 e. The number of benzene rings is 3. The van der Waals surface area contributed by atoms with E-state index in [2.05, 4.69) is 18.3 Å². The van der Waals surface area contributed by atoms with Crippen molar-refractivity contribution in [1.82, 2.24) is 0 Å². The molecule has 1 aliphatic rings. The van der Waals surface area contributed by atoms with Crippen molar-refractivity contribution < 1.29 is 9.59 Å². The maximum Gasteiger partial charge on any atom is 0.282 e. The second kappa shape index (κ2) is 9.23. The molecule has 1 heterocycles. The van der Waals surface area contributed by atoms with Crippen LogP contribution in [-0.4, -0.2) is 11.8 Å². The number of aryl methyl sites for hydroxylation is 3. The zero-order valence-corrected chi connectivity index (χ0v) is 18.8. The van der Waals surface area contributed by atoms with Crippen LogP contribution in [0.3, 0.4) is 0 Å². The van der Waals surface area contributed by atoms with Gasteiger partial charge in [-0.1, -0.05) is 73.5 Å². The minimum absolute atomic E-state index is 0.309. The molecule has 32 heavy (non-hydrogen) atoms. The van der Waals surface area contributed by atoms with Crippen LogP contribution in [0.25, 0.3) is 5.57 Å². The Morgan fingerprint density at radius 3 is 2.22 bits per heavy atom. The number of imide groups is 1. The molecular weight excluding hydrogens is 396 g/mol. The molecule has 3 aromatic rings. The summed E-state index contributed by atoms with van der Waals surface area (Å²) in [6.07, 6.45) is 3.24. The number of carbonyl (C=O) groups excluding carboxylic acids is 2. The molecule has 0 saturated heterocycles. The monoisotopic (exact) mass is 424 g/mol. The molecule has 0 aliphatic carbocycles. The van der Waals surface area contributed by atoms with Gasteiger partial charge >= 0.3 is 0 Å². The standard InChI is InChI=1S/C28H28N2O2/c1-4-5-9-21-13-15-23(16-14-21)30-27(31)25(22-10-7-6-8-11-22)26(28(30)32)29-24-17-12-19(2)18-20(24)3/h6-8,10-18,29H,4-5,9H2,1-3H3. The van der Waals surface area contributed by atoms with Crippen molar-refractivity contribution in [3.8, 4) is 0 Å². The highest BCUT2D eigenvalue weighted by Crippen LogP contribution is 2.34. The van der Waals surface area contributed by atoms with Gasteiger partial charge < -0.3 is 5.32 Å². The van der Waals surface area contributed by atoms with E-state index in [4.69, 9.17) is 0 Å². The van der Waals surface area contributed by atoms with E-state index in [0.29, 0.717) is 17.0 Å². The van der Waals surface area contributed by atoms with E-state index < -0.39 is 0 Å². The molecular formula is C28H28N2O2. The van der Waals surface area contributed by atoms with E-state index in [-0.39, 0.29) is 11.8 Å². The van der Waals surface area contributed by atoms with E-state index >= 15 is 0 Å². The first-order chi connectivity index (χ1) is 15.5. The van der Waals surface area contributed by atoms with Gasteiger partial charge in [0, 0.05) is 5.69 Å². The molecule has 0 spiro atoms. The summed E-state index contributed by atoms with van der Waals surface area (Å²) in [5.41, 5.74) is 6.20. The number of amides is 2. The van der Waals surface area contributed by atoms with Gasteiger partial charge in [0.2, 0.25) is 0 Å². The lowest BCUT2D eigenvalue weighted by Crippen LogP contribution is -2.32. The largest absolute Gasteiger partial charge is 0.350 e. The van der Waals surface area contributed by atoms with Crippen molar-refractivity contribution in [3.05, 3.63) is 101 Å². The molecule has 0 atom stereocenters. The molecule has 4 rings (SSSR count). The highest BCUT2D eigenvalue weighted by Gasteiger charge is 2.40. The quantitative estimate of drug-likeness (QED) is 0.470. The maximum absolute atomic E-state index is 13.5. The van der Waals surface area contributed by atoms with Crippen LogP contribution in [0, 0.1) is 13.8 Å². The highest BCUT2D eigenvalue weighted by atomic mass is 16.2. The van der Waals surface area contributed by atoms with E-state index in [9.17, 15) is 9.59 Å². The number of hydrogen-bond donors (Lipinski definition) is 1. The lowest BCUT2D eigenvalue weighted by molar-refractivity contribution is -0.120. The summed E-state index contributed by atoms with van der Waals surface area (Å²) in [6, 6.07) is 23.1. The molecule has 0 saturated carbocycles. The highest BCUT2D eigenvalue weighted by molar-refractivity contribution is 6.46. The number of rotatable bonds is 7. The average molecular weight is 425 g/mol. The topological polar surface area (TPSA) is 49.4 Å². The van der Waals surface area contributed by atoms with Gasteiger partial charge in [0.15, 0.2) is 0 Å². The Balaban J connectivity index is 1.73. The average Bonchev–Trinajstić information content (AvgIpc) is 3.04. The molecule has 3 aromatic carbocycles. The second-order valence-corrected chi connectivity index (χ2v) is 8.28. The molecule has 1 N–H and O–H groups in total. The number of nitrogens with one attached hydrogen (secondary N) is 1. The Bertz CT molecular complexity index is 1180. The molecule has 0 bridgehead atoms. The molecule has 2 amide bonds. The number of carbonyl (C=O) groups is 2. The number of unbranched alkanes of at least 4 members (excludes halogenated alkanes) is 1. The van der Waals surface area contributed by atoms with Crippen molar-refractivity contribution in [1.29, 1.82) is 0 Å². The molecule has 0 fully saturated rings. The van der Waals surface area contributed by atoms with Crippen molar-refractivity contribution in [2.24, 2.45) is 0 Å². The number of nitrogens with zero attached hydrogens (tertiary/aromatic N) is 1. The first kappa shape index (κ1) is 21.6. The van der Waals surface area contributed by atoms with Crippen LogP contribution in [0.1, 0.15) is 42.0 Å². The van der Waals surface area contributed by atoms with Gasteiger partial charge in [-0.3, -0.25) is 9.59 Å². The normalized spacial score (nSPS) is 13.8. The lowest BCUT2D eigenvalue weighted by atomic mass is 10.0. The predicted octanol–water partition coefficient (Wildman–Crippen LogP) is 6.04. The van der Waals surface area contributed by atoms with E-state index in [0.717, 1.165) is 41.6 Å². The molecule has 4 nitrogen and oxygen atoms in total. The van der Waals surface area contributed by atoms with E-state index in [1.165, 1.54) is 10.5 Å². The van der Waals surface area contributed by atoms with Crippen LogP contribution in [0.4, 0.5) is 11.4 Å². The van der Waals surface area contributed by atoms with E-state index in [1.54, 1.807) is 0 Å². The lowest BCUT2D eigenvalue weighted by Gasteiger charge is -2.16. The fraction of sp³-hybridized carbons (Fsp3) is 0.214. The predicted molar refractivity (Wildman–Crippen MR) is 130 cm³/mol. The Labute approximate surface area is 189 Å². The zero-order valence-electron chi connectivity index (χ0n) is 18.8. The number of hydrogen-bond acceptors (Lipinski definition) is 3. The minimum Gasteiger partial charge on any atom is -0.350 e. The van der Waals surface area contributed by atoms with Crippen molar-refractivity contribution in [2.75, 3.05) is 10.2 Å². The SMILES string of the molecule is CCCCc1ccc(N2C(=O)C(Nc3ccc(C)cc3C)=C(c3ccccc3)C2=O)cc1. The van der Waals surface area contributed by atoms with Crippen LogP contribution in [0.2, 0.25) is 0 Å². The van der Waals surface area contributed by atoms with E-state index in [1.807, 2.05) is 80.6 Å². The zero-order chi connectivity index (χ0) is 22.7. The summed E-state index contributed by atoms with van der Waals surface area (Å²) in [4.78, 5) is 28.3. The van der Waals surface area contributed by atoms with Gasteiger partial charge in [0.05, 0.1) is 11.3 Å². The van der Waals surface area contributed by atoms with Crippen LogP contribution in [0.15, 0.2) is 78.5 Å². The fourth-order valence-corrected chi connectivity index (χ4v) is 4.03. The van der Waals surface area contributed by atoms with Gasteiger partial charge in [-0.05, 0) is 61.6 Å². The summed E-state index contributed by atoms with van der Waals surface area (Å²) in [5.74, 6) is -0.648. The van der Waals surface area contributed by atoms with Crippen LogP contribution < -0.4 is 10.2 Å². The van der Waals surface area contributed by atoms with Crippen LogP contribution in [0.5, 0.6) is 0 Å². The van der Waals surface area contributed by atoms with Crippen LogP contribution >= 0.6 is 0 Å². The Morgan fingerprint density at radius 2 is 1.56 bits per heavy atom. The second-order valence-electron chi connectivity index (χ2n) is 8.28. The van der Waals surface area contributed by atoms with Gasteiger partial charge in [0.25, 0.3) is 11.8 Å². The molecule has 4 heteroatoms. The Kier molecular flexibility index (Phi) is 6.22. The summed E-state index contributed by atoms with van der Waals surface area (Å²) in [7, 11) is 0. The summed E-state index contributed by atoms with van der Waals surface area (Å²) in [6.45, 7) is 6.19. The van der Waals surface area contributed by atoms with Gasteiger partial charge in [-0.2, -0.15) is 0 Å². The summed E-state index contributed by atoms with van der Waals surface area (Å²) in [5, 5.41) is 3.27. The first-order valence-electron chi connectivity index (χ1n) is 11.1. The molecule has 0 unspecified atom stereocenters. The minimum atomic E-state index is -0.338. The van der Waals surface area contributed by atoms with Gasteiger partial charge in [-0.25, -0.2) is 4.90 Å². The fourth-order valence-electron chi connectivity index (χ4n) is 4.03. The third-order valence-corrected chi connectivity index (χ3v) is 5.80. The summed E-state index contributed by atoms with van der Waals surface area (Å²) >= 11 is 0. The third kappa shape index (κ3) is 4.22. The molecule has 162 valence electrons. The van der Waals surface area contributed by atoms with Crippen LogP contribution in [-0.2, 0) is 16.0 Å². The molecule has 0 aromatic heterocycles. The first-order valence-corrected chi connectivity index (χ1v) is 11.1. The van der Waals surface area contributed by atoms with Gasteiger partial charge in [-0.15, -0.1) is 0 Å². The van der Waals surface area contributed by atoms with Crippen molar-refractivity contribution >= 4 is 28.8 Å². The Hall–Kier alpha value is -3.66. The maximum atomic E-state index is 13.5. The number of anilines is 2. The Morgan fingerprint density at radius 1 is 0.844 bits per heavy atom. The summed E-state index contributed by atoms with van der Waals surface area (Å²) < 4.78 is 0. The molecule has 1 aliphatic heterocycles. The van der Waals surface area contributed by atoms with Crippen molar-refractivity contribution in [3.63, 3.8) is 0 Å². The molecule has 0 radical (unpaired) electrons. The van der Waals surface area contributed by atoms with Gasteiger partial charge in [0.1, 0.15) is 5.70 Å². The van der Waals surface area contributed by atoms with Crippen molar-refractivity contribution in [2.45, 2.75) is 40.0 Å².